The van der Waals surface area contributed by atoms with Gasteiger partial charge in [0.15, 0.2) is 13.5 Å². The van der Waals surface area contributed by atoms with E-state index in [0.717, 1.165) is 9.80 Å². The minimum atomic E-state index is -0.740. The lowest BCUT2D eigenvalue weighted by Crippen LogP contribution is -2.63. The van der Waals surface area contributed by atoms with E-state index >= 15 is 0 Å². The Morgan fingerprint density at radius 1 is 0.614 bits per heavy atom. The molecule has 2 atom stereocenters. The molecule has 2 aromatic rings. The molecule has 2 heterocycles. The summed E-state index contributed by atoms with van der Waals surface area (Å²) in [5.41, 5.74) is 0.324. The summed E-state index contributed by atoms with van der Waals surface area (Å²) in [5, 5.41) is 0. The van der Waals surface area contributed by atoms with Gasteiger partial charge in [0.25, 0.3) is 0 Å². The van der Waals surface area contributed by atoms with Crippen molar-refractivity contribution < 1.29 is 47.7 Å². The number of ether oxygens (including phenoxy) is 4. The molecule has 234 valence electrons. The third-order valence-corrected chi connectivity index (χ3v) is 7.71. The largest absolute Gasteiger partial charge is 0.496 e. The molecule has 0 N–H and O–H groups in total. The van der Waals surface area contributed by atoms with Gasteiger partial charge >= 0.3 is 11.9 Å². The number of carbonyl (C=O) groups is 6. The predicted molar refractivity (Wildman–Crippen MR) is 152 cm³/mol. The topological polar surface area (TPSA) is 152 Å². The minimum absolute atomic E-state index is 0.135. The molecule has 0 spiro atoms. The van der Waals surface area contributed by atoms with E-state index in [-0.39, 0.29) is 37.3 Å². The van der Waals surface area contributed by atoms with Gasteiger partial charge in [-0.15, -0.1) is 0 Å². The average Bonchev–Trinajstić information content (AvgIpc) is 3.02. The Balaban J connectivity index is 1.29. The highest BCUT2D eigenvalue weighted by molar-refractivity contribution is 6.01. The molecule has 14 heteroatoms. The lowest BCUT2D eigenvalue weighted by Gasteiger charge is -2.43. The van der Waals surface area contributed by atoms with E-state index in [9.17, 15) is 28.8 Å². The maximum atomic E-state index is 12.9. The lowest BCUT2D eigenvalue weighted by molar-refractivity contribution is -0.161. The molecule has 2 fully saturated rings. The van der Waals surface area contributed by atoms with Crippen LogP contribution in [0.2, 0.25) is 0 Å². The van der Waals surface area contributed by atoms with Gasteiger partial charge in [0.05, 0.1) is 40.4 Å². The molecule has 44 heavy (non-hydrogen) atoms. The van der Waals surface area contributed by atoms with Gasteiger partial charge in [-0.05, 0) is 38.1 Å². The van der Waals surface area contributed by atoms with E-state index < -0.39 is 61.1 Å². The molecule has 0 aliphatic carbocycles. The quantitative estimate of drug-likeness (QED) is 0.261. The van der Waals surface area contributed by atoms with Gasteiger partial charge in [0.2, 0.25) is 23.6 Å². The van der Waals surface area contributed by atoms with Crippen molar-refractivity contribution in [1.29, 1.82) is 0 Å². The van der Waals surface area contributed by atoms with Crippen molar-refractivity contribution in [2.24, 2.45) is 0 Å². The molecule has 2 aromatic carbocycles. The third kappa shape index (κ3) is 7.03. The zero-order chi connectivity index (χ0) is 32.0. The van der Waals surface area contributed by atoms with E-state index in [2.05, 4.69) is 0 Å². The standard InChI is InChI=1S/C30H34N4O10/c1-19(31-13-25(35)33(26(36)14-31)17-43-29(39)21-9-5-7-11-23(21)41-3)20(2)32-15-27(37)34(28(38)16-32)18-44-30(40)22-10-6-8-12-24(22)42-4/h5-12,19-20H,13-18H2,1-4H3. The molecule has 0 bridgehead atoms. The van der Waals surface area contributed by atoms with Crippen LogP contribution in [-0.2, 0) is 28.7 Å². The summed E-state index contributed by atoms with van der Waals surface area (Å²) >= 11 is 0. The highest BCUT2D eigenvalue weighted by atomic mass is 16.6. The molecule has 0 aromatic heterocycles. The van der Waals surface area contributed by atoms with Crippen LogP contribution in [0.25, 0.3) is 0 Å². The number of hydrogen-bond donors (Lipinski definition) is 0. The van der Waals surface area contributed by atoms with Crippen molar-refractivity contribution >= 4 is 35.6 Å². The second kappa shape index (κ2) is 14.1. The number of methoxy groups -OCH3 is 2. The van der Waals surface area contributed by atoms with Gasteiger partial charge in [0.1, 0.15) is 22.6 Å². The van der Waals surface area contributed by atoms with E-state index in [0.29, 0.717) is 11.5 Å². The van der Waals surface area contributed by atoms with E-state index in [1.165, 1.54) is 26.4 Å². The molecule has 2 aliphatic heterocycles. The highest BCUT2D eigenvalue weighted by Crippen LogP contribution is 2.21. The molecular formula is C30H34N4O10. The van der Waals surface area contributed by atoms with Gasteiger partial charge in [-0.1, -0.05) is 24.3 Å². The number of nitrogens with zero attached hydrogens (tertiary/aromatic N) is 4. The van der Waals surface area contributed by atoms with Crippen LogP contribution in [-0.4, -0.2) is 121 Å². The summed E-state index contributed by atoms with van der Waals surface area (Å²) in [5.74, 6) is -3.09. The SMILES string of the molecule is COc1ccccc1C(=O)OCN1C(=O)CN(C(C)C(C)N2CC(=O)N(COC(=O)c3ccccc3OC)C(=O)C2)CC1=O. The van der Waals surface area contributed by atoms with Crippen molar-refractivity contribution in [1.82, 2.24) is 19.6 Å². The van der Waals surface area contributed by atoms with Crippen molar-refractivity contribution in [3.63, 3.8) is 0 Å². The van der Waals surface area contributed by atoms with Crippen LogP contribution in [0.1, 0.15) is 34.6 Å². The number of esters is 2. The highest BCUT2D eigenvalue weighted by Gasteiger charge is 2.40. The van der Waals surface area contributed by atoms with Gasteiger partial charge in [0, 0.05) is 12.1 Å². The molecule has 2 unspecified atom stereocenters. The summed E-state index contributed by atoms with van der Waals surface area (Å²) in [7, 11) is 2.82. The Bertz CT molecular complexity index is 1300. The van der Waals surface area contributed by atoms with E-state index in [1.807, 2.05) is 0 Å². The Morgan fingerprint density at radius 3 is 1.25 bits per heavy atom. The Hall–Kier alpha value is -4.82. The first kappa shape index (κ1) is 32.1. The number of amides is 4. The van der Waals surface area contributed by atoms with Crippen molar-refractivity contribution in [3.05, 3.63) is 59.7 Å². The third-order valence-electron chi connectivity index (χ3n) is 7.71. The van der Waals surface area contributed by atoms with Gasteiger partial charge in [-0.3, -0.25) is 29.0 Å². The number of piperazine rings is 2. The van der Waals surface area contributed by atoms with Crippen LogP contribution in [0.5, 0.6) is 11.5 Å². The summed E-state index contributed by atoms with van der Waals surface area (Å²) in [6, 6.07) is 12.0. The monoisotopic (exact) mass is 610 g/mol. The molecule has 14 nitrogen and oxygen atoms in total. The van der Waals surface area contributed by atoms with Gasteiger partial charge < -0.3 is 18.9 Å². The summed E-state index contributed by atoms with van der Waals surface area (Å²) in [6.45, 7) is 1.96. The fourth-order valence-corrected chi connectivity index (χ4v) is 4.93. The molecule has 2 saturated heterocycles. The Morgan fingerprint density at radius 2 is 0.932 bits per heavy atom. The minimum Gasteiger partial charge on any atom is -0.496 e. The first-order chi connectivity index (χ1) is 21.0. The molecular weight excluding hydrogens is 576 g/mol. The summed E-state index contributed by atoms with van der Waals surface area (Å²) in [4.78, 5) is 81.6. The number of para-hydroxylation sites is 2. The molecule has 0 radical (unpaired) electrons. The van der Waals surface area contributed by atoms with Crippen LogP contribution in [0.3, 0.4) is 0 Å². The fourth-order valence-electron chi connectivity index (χ4n) is 4.93. The molecule has 4 rings (SSSR count). The molecule has 4 amide bonds. The number of carbonyl (C=O) groups excluding carboxylic acids is 6. The first-order valence-corrected chi connectivity index (χ1v) is 13.8. The maximum Gasteiger partial charge on any atom is 0.343 e. The van der Waals surface area contributed by atoms with Crippen molar-refractivity contribution in [2.75, 3.05) is 53.9 Å². The average molecular weight is 611 g/mol. The zero-order valence-corrected chi connectivity index (χ0v) is 24.9. The fraction of sp³-hybridized carbons (Fsp3) is 0.400. The van der Waals surface area contributed by atoms with Gasteiger partial charge in [-0.25, -0.2) is 19.4 Å². The predicted octanol–water partition coefficient (Wildman–Crippen LogP) is 0.751. The zero-order valence-electron chi connectivity index (χ0n) is 24.9. The Kier molecular flexibility index (Phi) is 10.3. The van der Waals surface area contributed by atoms with E-state index in [4.69, 9.17) is 18.9 Å². The lowest BCUT2D eigenvalue weighted by atomic mass is 10.1. The van der Waals surface area contributed by atoms with Crippen molar-refractivity contribution in [3.8, 4) is 11.5 Å². The van der Waals surface area contributed by atoms with Crippen LogP contribution < -0.4 is 9.47 Å². The van der Waals surface area contributed by atoms with Crippen LogP contribution in [0.15, 0.2) is 48.5 Å². The second-order valence-electron chi connectivity index (χ2n) is 10.2. The Labute approximate surface area is 254 Å². The van der Waals surface area contributed by atoms with Crippen LogP contribution >= 0.6 is 0 Å². The van der Waals surface area contributed by atoms with Crippen molar-refractivity contribution in [2.45, 2.75) is 25.9 Å². The normalized spacial score (nSPS) is 17.7. The van der Waals surface area contributed by atoms with Gasteiger partial charge in [-0.2, -0.15) is 0 Å². The first-order valence-electron chi connectivity index (χ1n) is 13.8. The smallest absolute Gasteiger partial charge is 0.343 e. The number of benzene rings is 2. The number of imide groups is 2. The van der Waals surface area contributed by atoms with Crippen LogP contribution in [0, 0.1) is 0 Å². The number of hydrogen-bond acceptors (Lipinski definition) is 12. The molecule has 0 saturated carbocycles. The molecule has 2 aliphatic rings. The van der Waals surface area contributed by atoms with E-state index in [1.54, 1.807) is 60.0 Å². The summed E-state index contributed by atoms with van der Waals surface area (Å²) in [6.07, 6.45) is 0. The number of rotatable bonds is 11. The van der Waals surface area contributed by atoms with Crippen LogP contribution in [0.4, 0.5) is 0 Å². The maximum absolute atomic E-state index is 12.9. The summed E-state index contributed by atoms with van der Waals surface area (Å²) < 4.78 is 20.7. The second-order valence-corrected chi connectivity index (χ2v) is 10.2.